The second-order valence-electron chi connectivity index (χ2n) is 5.83. The average Bonchev–Trinajstić information content (AvgIpc) is 2.92. The Balaban J connectivity index is 1.56. The van der Waals surface area contributed by atoms with Crippen LogP contribution in [-0.4, -0.2) is 57.8 Å². The fourth-order valence-corrected chi connectivity index (χ4v) is 3.75. The number of carbonyl (C=O) groups is 2. The van der Waals surface area contributed by atoms with Crippen LogP contribution in [0.1, 0.15) is 25.9 Å². The van der Waals surface area contributed by atoms with Gasteiger partial charge < -0.3 is 9.80 Å². The van der Waals surface area contributed by atoms with Crippen LogP contribution in [0.4, 0.5) is 0 Å². The highest BCUT2D eigenvalue weighted by molar-refractivity contribution is 7.11. The van der Waals surface area contributed by atoms with Gasteiger partial charge in [-0.1, -0.05) is 0 Å². The fourth-order valence-electron chi connectivity index (χ4n) is 2.82. The molecule has 3 rings (SSSR count). The standard InChI is InChI=1S/C17H20N4O2S/c1-12-15(24-13(2)19-12)11-16(22)20-7-9-21(10-8-20)17(23)14-3-5-18-6-4-14/h3-6H,7-11H2,1-2H3. The lowest BCUT2D eigenvalue weighted by molar-refractivity contribution is -0.131. The van der Waals surface area contributed by atoms with Crippen LogP contribution in [-0.2, 0) is 11.2 Å². The van der Waals surface area contributed by atoms with Gasteiger partial charge in [-0.05, 0) is 26.0 Å². The Kier molecular flexibility index (Phi) is 4.89. The summed E-state index contributed by atoms with van der Waals surface area (Å²) in [4.78, 5) is 37.8. The second-order valence-corrected chi connectivity index (χ2v) is 7.11. The van der Waals surface area contributed by atoms with Crippen LogP contribution in [0.15, 0.2) is 24.5 Å². The first-order valence-electron chi connectivity index (χ1n) is 7.94. The molecule has 2 amide bonds. The van der Waals surface area contributed by atoms with Crippen molar-refractivity contribution in [1.82, 2.24) is 19.8 Å². The molecule has 6 nitrogen and oxygen atoms in total. The molecule has 0 aromatic carbocycles. The van der Waals surface area contributed by atoms with Crippen LogP contribution in [0.3, 0.4) is 0 Å². The van der Waals surface area contributed by atoms with Gasteiger partial charge in [0.15, 0.2) is 0 Å². The Bertz CT molecular complexity index is 736. The number of carbonyl (C=O) groups excluding carboxylic acids is 2. The largest absolute Gasteiger partial charge is 0.339 e. The molecular formula is C17H20N4O2S. The highest BCUT2D eigenvalue weighted by Gasteiger charge is 2.25. The molecule has 1 aliphatic heterocycles. The summed E-state index contributed by atoms with van der Waals surface area (Å²) in [5, 5.41) is 0.989. The van der Waals surface area contributed by atoms with Crippen molar-refractivity contribution in [3.05, 3.63) is 45.7 Å². The van der Waals surface area contributed by atoms with Gasteiger partial charge in [-0.25, -0.2) is 4.98 Å². The normalized spacial score (nSPS) is 14.8. The molecule has 0 radical (unpaired) electrons. The number of hydrogen-bond acceptors (Lipinski definition) is 5. The molecular weight excluding hydrogens is 324 g/mol. The van der Waals surface area contributed by atoms with Crippen LogP contribution in [0, 0.1) is 13.8 Å². The van der Waals surface area contributed by atoms with E-state index in [1.165, 1.54) is 0 Å². The number of aromatic nitrogens is 2. The molecule has 1 fully saturated rings. The van der Waals surface area contributed by atoms with Gasteiger partial charge in [0.05, 0.1) is 17.1 Å². The maximum atomic E-state index is 12.5. The summed E-state index contributed by atoms with van der Waals surface area (Å²) in [5.41, 5.74) is 1.58. The smallest absolute Gasteiger partial charge is 0.254 e. The van der Waals surface area contributed by atoms with Crippen LogP contribution in [0.25, 0.3) is 0 Å². The number of thiazole rings is 1. The molecule has 0 aliphatic carbocycles. The van der Waals surface area contributed by atoms with Gasteiger partial charge in [0.2, 0.25) is 5.91 Å². The summed E-state index contributed by atoms with van der Waals surface area (Å²) < 4.78 is 0. The minimum Gasteiger partial charge on any atom is -0.339 e. The van der Waals surface area contributed by atoms with Gasteiger partial charge in [-0.2, -0.15) is 0 Å². The van der Waals surface area contributed by atoms with Crippen molar-refractivity contribution in [1.29, 1.82) is 0 Å². The molecule has 126 valence electrons. The van der Waals surface area contributed by atoms with Gasteiger partial charge in [-0.3, -0.25) is 14.6 Å². The first-order valence-corrected chi connectivity index (χ1v) is 8.76. The Hall–Kier alpha value is -2.28. The lowest BCUT2D eigenvalue weighted by Gasteiger charge is -2.34. The Labute approximate surface area is 145 Å². The van der Waals surface area contributed by atoms with Crippen molar-refractivity contribution in [2.75, 3.05) is 26.2 Å². The SMILES string of the molecule is Cc1nc(C)c(CC(=O)N2CCN(C(=O)c3ccncc3)CC2)s1. The quantitative estimate of drug-likeness (QED) is 0.850. The predicted molar refractivity (Wildman–Crippen MR) is 92.0 cm³/mol. The Morgan fingerprint density at radius 1 is 1.08 bits per heavy atom. The van der Waals surface area contributed by atoms with E-state index in [2.05, 4.69) is 9.97 Å². The summed E-state index contributed by atoms with van der Waals surface area (Å²) in [5.74, 6) is 0.108. The van der Waals surface area contributed by atoms with Gasteiger partial charge in [0.1, 0.15) is 0 Å². The predicted octanol–water partition coefficient (Wildman–Crippen LogP) is 1.68. The zero-order valence-corrected chi connectivity index (χ0v) is 14.7. The lowest BCUT2D eigenvalue weighted by atomic mass is 10.2. The number of amides is 2. The van der Waals surface area contributed by atoms with E-state index in [4.69, 9.17) is 0 Å². The second kappa shape index (κ2) is 7.09. The summed E-state index contributed by atoms with van der Waals surface area (Å²) in [6.07, 6.45) is 3.63. The van der Waals surface area contributed by atoms with Gasteiger partial charge in [0, 0.05) is 49.0 Å². The number of nitrogens with zero attached hydrogens (tertiary/aromatic N) is 4. The molecule has 2 aromatic heterocycles. The minimum absolute atomic E-state index is 0.00146. The number of hydrogen-bond donors (Lipinski definition) is 0. The number of pyridine rings is 1. The van der Waals surface area contributed by atoms with Gasteiger partial charge >= 0.3 is 0 Å². The number of rotatable bonds is 3. The van der Waals surface area contributed by atoms with E-state index in [1.807, 2.05) is 18.7 Å². The van der Waals surface area contributed by atoms with E-state index >= 15 is 0 Å². The topological polar surface area (TPSA) is 66.4 Å². The summed E-state index contributed by atoms with van der Waals surface area (Å²) in [6, 6.07) is 3.43. The van der Waals surface area contributed by atoms with E-state index in [0.29, 0.717) is 38.2 Å². The minimum atomic E-state index is -0.00146. The molecule has 2 aromatic rings. The Morgan fingerprint density at radius 2 is 1.71 bits per heavy atom. The zero-order valence-electron chi connectivity index (χ0n) is 13.9. The molecule has 7 heteroatoms. The molecule has 24 heavy (non-hydrogen) atoms. The molecule has 0 bridgehead atoms. The van der Waals surface area contributed by atoms with Crippen molar-refractivity contribution >= 4 is 23.2 Å². The molecule has 3 heterocycles. The molecule has 1 saturated heterocycles. The van der Waals surface area contributed by atoms with Crippen molar-refractivity contribution < 1.29 is 9.59 Å². The summed E-state index contributed by atoms with van der Waals surface area (Å²) in [6.45, 7) is 6.17. The molecule has 0 unspecified atom stereocenters. The maximum absolute atomic E-state index is 12.5. The third-order valence-corrected chi connectivity index (χ3v) is 5.23. The molecule has 1 aliphatic rings. The monoisotopic (exact) mass is 344 g/mol. The molecule has 0 N–H and O–H groups in total. The van der Waals surface area contributed by atoms with Crippen molar-refractivity contribution in [3.8, 4) is 0 Å². The van der Waals surface area contributed by atoms with Crippen LogP contribution < -0.4 is 0 Å². The van der Waals surface area contributed by atoms with Crippen molar-refractivity contribution in [3.63, 3.8) is 0 Å². The third-order valence-electron chi connectivity index (χ3n) is 4.16. The van der Waals surface area contributed by atoms with E-state index in [1.54, 1.807) is 40.8 Å². The third kappa shape index (κ3) is 3.62. The van der Waals surface area contributed by atoms with Crippen LogP contribution >= 0.6 is 11.3 Å². The summed E-state index contributed by atoms with van der Waals surface area (Å²) >= 11 is 1.58. The number of piperazine rings is 1. The maximum Gasteiger partial charge on any atom is 0.254 e. The number of aryl methyl sites for hydroxylation is 2. The van der Waals surface area contributed by atoms with E-state index in [9.17, 15) is 9.59 Å². The first kappa shape index (κ1) is 16.6. The fraction of sp³-hybridized carbons (Fsp3) is 0.412. The van der Waals surface area contributed by atoms with Crippen LogP contribution in [0.2, 0.25) is 0 Å². The van der Waals surface area contributed by atoms with Crippen molar-refractivity contribution in [2.24, 2.45) is 0 Å². The lowest BCUT2D eigenvalue weighted by Crippen LogP contribution is -2.51. The van der Waals surface area contributed by atoms with E-state index in [0.717, 1.165) is 15.6 Å². The molecule has 0 saturated carbocycles. The van der Waals surface area contributed by atoms with E-state index < -0.39 is 0 Å². The Morgan fingerprint density at radius 3 is 2.29 bits per heavy atom. The molecule has 0 spiro atoms. The van der Waals surface area contributed by atoms with Gasteiger partial charge in [-0.15, -0.1) is 11.3 Å². The van der Waals surface area contributed by atoms with Crippen LogP contribution in [0.5, 0.6) is 0 Å². The van der Waals surface area contributed by atoms with E-state index in [-0.39, 0.29) is 11.8 Å². The molecule has 0 atom stereocenters. The summed E-state index contributed by atoms with van der Waals surface area (Å²) in [7, 11) is 0. The first-order chi connectivity index (χ1) is 11.5. The highest BCUT2D eigenvalue weighted by atomic mass is 32.1. The highest BCUT2D eigenvalue weighted by Crippen LogP contribution is 2.19. The average molecular weight is 344 g/mol. The zero-order chi connectivity index (χ0) is 17.1. The van der Waals surface area contributed by atoms with Gasteiger partial charge in [0.25, 0.3) is 5.91 Å². The van der Waals surface area contributed by atoms with Crippen molar-refractivity contribution in [2.45, 2.75) is 20.3 Å².